The second-order valence-corrected chi connectivity index (χ2v) is 5.64. The van der Waals surface area contributed by atoms with Gasteiger partial charge in [0.15, 0.2) is 0 Å². The van der Waals surface area contributed by atoms with Gasteiger partial charge in [0.05, 0.1) is 14.2 Å². The molecule has 0 radical (unpaired) electrons. The van der Waals surface area contributed by atoms with Crippen LogP contribution in [0.5, 0.6) is 11.5 Å². The van der Waals surface area contributed by atoms with E-state index in [1.807, 2.05) is 12.1 Å². The normalized spacial score (nSPS) is 15.1. The Morgan fingerprint density at radius 1 is 1.04 bits per heavy atom. The quantitative estimate of drug-likeness (QED) is 0.853. The Kier molecular flexibility index (Phi) is 4.84. The van der Waals surface area contributed by atoms with E-state index < -0.39 is 0 Å². The van der Waals surface area contributed by atoms with Gasteiger partial charge in [-0.3, -0.25) is 4.79 Å². The molecule has 2 aromatic rings. The fourth-order valence-corrected chi connectivity index (χ4v) is 2.56. The molecule has 0 aromatic heterocycles. The van der Waals surface area contributed by atoms with E-state index in [-0.39, 0.29) is 5.91 Å². The number of aryl methyl sites for hydroxylation is 1. The Hall–Kier alpha value is -3.08. The Bertz CT molecular complexity index is 829. The molecule has 0 atom stereocenters. The second-order valence-electron chi connectivity index (χ2n) is 5.64. The van der Waals surface area contributed by atoms with E-state index >= 15 is 0 Å². The summed E-state index contributed by atoms with van der Waals surface area (Å²) in [5.74, 6) is 1.53. The van der Waals surface area contributed by atoms with E-state index in [2.05, 4.69) is 29.4 Å². The number of ether oxygens (including phenoxy) is 2. The molecular weight excluding hydrogens is 316 g/mol. The van der Waals surface area contributed by atoms with Crippen LogP contribution in [0.1, 0.15) is 23.6 Å². The Labute approximate surface area is 147 Å². The van der Waals surface area contributed by atoms with Crippen molar-refractivity contribution >= 4 is 17.8 Å². The molecule has 1 aliphatic rings. The summed E-state index contributed by atoms with van der Waals surface area (Å²) in [6.07, 6.45) is 2.76. The van der Waals surface area contributed by atoms with Crippen LogP contribution >= 0.6 is 0 Å². The molecule has 25 heavy (non-hydrogen) atoms. The highest BCUT2D eigenvalue weighted by Gasteiger charge is 2.22. The molecule has 0 bridgehead atoms. The van der Waals surface area contributed by atoms with Crippen LogP contribution in [-0.2, 0) is 11.2 Å². The van der Waals surface area contributed by atoms with Crippen LogP contribution in [0.2, 0.25) is 0 Å². The summed E-state index contributed by atoms with van der Waals surface area (Å²) >= 11 is 0. The van der Waals surface area contributed by atoms with Crippen molar-refractivity contribution in [2.45, 2.75) is 13.3 Å². The number of carbonyl (C=O) groups excluding carboxylic acids is 1. The molecule has 1 N–H and O–H groups in total. The van der Waals surface area contributed by atoms with E-state index in [4.69, 9.17) is 9.47 Å². The van der Waals surface area contributed by atoms with Gasteiger partial charge in [-0.15, -0.1) is 0 Å². The third kappa shape index (κ3) is 3.71. The molecule has 1 heterocycles. The summed E-state index contributed by atoms with van der Waals surface area (Å²) in [6.45, 7) is 2.11. The number of carbonyl (C=O) groups is 1. The van der Waals surface area contributed by atoms with Gasteiger partial charge in [-0.25, -0.2) is 4.99 Å². The summed E-state index contributed by atoms with van der Waals surface area (Å²) in [5, 5.41) is 2.80. The number of amides is 1. The number of hydrogen-bond acceptors (Lipinski definition) is 4. The van der Waals surface area contributed by atoms with Crippen molar-refractivity contribution in [2.24, 2.45) is 4.99 Å². The van der Waals surface area contributed by atoms with Gasteiger partial charge in [0, 0.05) is 11.6 Å². The van der Waals surface area contributed by atoms with Crippen molar-refractivity contribution in [2.75, 3.05) is 14.2 Å². The van der Waals surface area contributed by atoms with Gasteiger partial charge in [0.1, 0.15) is 23.0 Å². The maximum absolute atomic E-state index is 12.2. The molecule has 2 aromatic carbocycles. The number of amidine groups is 1. The first-order valence-electron chi connectivity index (χ1n) is 8.07. The lowest BCUT2D eigenvalue weighted by Gasteiger charge is -2.08. The highest BCUT2D eigenvalue weighted by Crippen LogP contribution is 2.24. The van der Waals surface area contributed by atoms with Crippen LogP contribution in [0, 0.1) is 0 Å². The first kappa shape index (κ1) is 16.8. The van der Waals surface area contributed by atoms with Gasteiger partial charge in [-0.1, -0.05) is 31.2 Å². The first-order valence-corrected chi connectivity index (χ1v) is 8.07. The van der Waals surface area contributed by atoms with E-state index in [1.54, 1.807) is 38.5 Å². The van der Waals surface area contributed by atoms with Crippen LogP contribution in [0.3, 0.4) is 0 Å². The lowest BCUT2D eigenvalue weighted by Crippen LogP contribution is -2.24. The van der Waals surface area contributed by atoms with Crippen molar-refractivity contribution in [1.82, 2.24) is 5.32 Å². The molecule has 0 unspecified atom stereocenters. The number of aliphatic imine (C=N–C) groups is 1. The number of hydrogen-bond donors (Lipinski definition) is 1. The maximum Gasteiger partial charge on any atom is 0.275 e. The molecule has 5 nitrogen and oxygen atoms in total. The van der Waals surface area contributed by atoms with E-state index in [1.165, 1.54) is 5.56 Å². The van der Waals surface area contributed by atoms with Crippen LogP contribution in [0.4, 0.5) is 0 Å². The number of benzene rings is 2. The summed E-state index contributed by atoms with van der Waals surface area (Å²) in [7, 11) is 3.16. The van der Waals surface area contributed by atoms with Gasteiger partial charge in [-0.05, 0) is 35.8 Å². The van der Waals surface area contributed by atoms with Crippen LogP contribution in [-0.4, -0.2) is 26.0 Å². The van der Waals surface area contributed by atoms with E-state index in [0.717, 1.165) is 17.5 Å². The van der Waals surface area contributed by atoms with Crippen LogP contribution in [0.25, 0.3) is 6.08 Å². The molecule has 128 valence electrons. The SMILES string of the molecule is CCc1ccc(/C=C2/N=C(c3cc(OC)cc(OC)c3)NC2=O)cc1. The molecular formula is C20H20N2O3. The lowest BCUT2D eigenvalue weighted by molar-refractivity contribution is -0.115. The molecule has 0 aliphatic carbocycles. The number of nitrogens with zero attached hydrogens (tertiary/aromatic N) is 1. The zero-order chi connectivity index (χ0) is 17.8. The maximum atomic E-state index is 12.2. The monoisotopic (exact) mass is 336 g/mol. The largest absolute Gasteiger partial charge is 0.497 e. The van der Waals surface area contributed by atoms with Crippen LogP contribution < -0.4 is 14.8 Å². The van der Waals surface area contributed by atoms with Gasteiger partial charge in [0.25, 0.3) is 5.91 Å². The molecule has 1 amide bonds. The fourth-order valence-electron chi connectivity index (χ4n) is 2.56. The average molecular weight is 336 g/mol. The second kappa shape index (κ2) is 7.21. The van der Waals surface area contributed by atoms with Gasteiger partial charge >= 0.3 is 0 Å². The molecule has 0 fully saturated rings. The summed E-state index contributed by atoms with van der Waals surface area (Å²) in [6, 6.07) is 13.5. The molecule has 1 aliphatic heterocycles. The highest BCUT2D eigenvalue weighted by atomic mass is 16.5. The third-order valence-corrected chi connectivity index (χ3v) is 4.01. The van der Waals surface area contributed by atoms with Gasteiger partial charge < -0.3 is 14.8 Å². The highest BCUT2D eigenvalue weighted by molar-refractivity contribution is 6.20. The minimum Gasteiger partial charge on any atom is -0.497 e. The number of nitrogens with one attached hydrogen (secondary N) is 1. The molecule has 0 saturated carbocycles. The minimum absolute atomic E-state index is 0.226. The minimum atomic E-state index is -0.226. The molecule has 5 heteroatoms. The third-order valence-electron chi connectivity index (χ3n) is 4.01. The topological polar surface area (TPSA) is 59.9 Å². The fraction of sp³-hybridized carbons (Fsp3) is 0.200. The zero-order valence-corrected chi connectivity index (χ0v) is 14.5. The van der Waals surface area contributed by atoms with Crippen molar-refractivity contribution < 1.29 is 14.3 Å². The van der Waals surface area contributed by atoms with Gasteiger partial charge in [-0.2, -0.15) is 0 Å². The average Bonchev–Trinajstić information content (AvgIpc) is 3.02. The predicted molar refractivity (Wildman–Crippen MR) is 98.0 cm³/mol. The first-order chi connectivity index (χ1) is 12.1. The van der Waals surface area contributed by atoms with Crippen molar-refractivity contribution in [3.63, 3.8) is 0 Å². The summed E-state index contributed by atoms with van der Waals surface area (Å²) < 4.78 is 10.5. The molecule has 0 saturated heterocycles. The van der Waals surface area contributed by atoms with Crippen molar-refractivity contribution in [1.29, 1.82) is 0 Å². The lowest BCUT2D eigenvalue weighted by atomic mass is 10.1. The Morgan fingerprint density at radius 3 is 2.24 bits per heavy atom. The summed E-state index contributed by atoms with van der Waals surface area (Å²) in [4.78, 5) is 16.7. The van der Waals surface area contributed by atoms with Crippen molar-refractivity contribution in [3.05, 3.63) is 64.9 Å². The molecule has 0 spiro atoms. The number of rotatable bonds is 5. The summed E-state index contributed by atoms with van der Waals surface area (Å²) in [5.41, 5.74) is 3.30. The Morgan fingerprint density at radius 2 is 1.68 bits per heavy atom. The van der Waals surface area contributed by atoms with E-state index in [0.29, 0.717) is 23.0 Å². The van der Waals surface area contributed by atoms with Crippen LogP contribution in [0.15, 0.2) is 53.2 Å². The van der Waals surface area contributed by atoms with Gasteiger partial charge in [0.2, 0.25) is 0 Å². The number of methoxy groups -OCH3 is 2. The standard InChI is InChI=1S/C20H20N2O3/c1-4-13-5-7-14(8-6-13)9-18-20(23)22-19(21-18)15-10-16(24-2)12-17(11-15)25-3/h5-12H,4H2,1-3H3,(H,21,22,23)/b18-9+. The predicted octanol–water partition coefficient (Wildman–Crippen LogP) is 3.18. The Balaban J connectivity index is 1.93. The van der Waals surface area contributed by atoms with E-state index in [9.17, 15) is 4.79 Å². The molecule has 3 rings (SSSR count). The smallest absolute Gasteiger partial charge is 0.275 e. The van der Waals surface area contributed by atoms with Crippen molar-refractivity contribution in [3.8, 4) is 11.5 Å². The zero-order valence-electron chi connectivity index (χ0n) is 14.5.